The van der Waals surface area contributed by atoms with Crippen LogP contribution in [0.4, 0.5) is 34.1 Å². The zero-order chi connectivity index (χ0) is 62.1. The van der Waals surface area contributed by atoms with Gasteiger partial charge in [-0.1, -0.05) is 203 Å². The summed E-state index contributed by atoms with van der Waals surface area (Å²) in [4.78, 5) is 3.89. The van der Waals surface area contributed by atoms with Crippen LogP contribution in [-0.4, -0.2) is 15.8 Å². The van der Waals surface area contributed by atoms with Crippen molar-refractivity contribution in [2.75, 3.05) is 9.80 Å². The molecule has 0 unspecified atom stereocenters. The molecule has 0 saturated carbocycles. The molecule has 13 aromatic rings. The van der Waals surface area contributed by atoms with Crippen LogP contribution >= 0.6 is 0 Å². The number of benzene rings is 11. The summed E-state index contributed by atoms with van der Waals surface area (Å²) in [5.74, 6) is 0. The molecule has 11 aromatic carbocycles. The van der Waals surface area contributed by atoms with Gasteiger partial charge in [-0.15, -0.1) is 0 Å². The predicted octanol–water partition coefficient (Wildman–Crippen LogP) is 16.6. The summed E-state index contributed by atoms with van der Waals surface area (Å²) in [5, 5.41) is 0.156. The molecule has 2 aromatic heterocycles. The van der Waals surface area contributed by atoms with E-state index in [1.807, 2.05) is 131 Å². The van der Waals surface area contributed by atoms with E-state index in [4.69, 9.17) is 5.48 Å². The molecule has 15 rings (SSSR count). The summed E-state index contributed by atoms with van der Waals surface area (Å²) in [6.45, 7) is 5.54. The van der Waals surface area contributed by atoms with Crippen LogP contribution in [0.25, 0.3) is 77.2 Å². The Bertz CT molecular complexity index is 4930. The molecule has 0 spiro atoms. The molecule has 75 heavy (non-hydrogen) atoms. The largest absolute Gasteiger partial charge is 0.309 e. The maximum Gasteiger partial charge on any atom is 0.252 e. The van der Waals surface area contributed by atoms with Crippen LogP contribution in [0.3, 0.4) is 0 Å². The third kappa shape index (κ3) is 6.57. The van der Waals surface area contributed by atoms with E-state index in [9.17, 15) is 13.7 Å². The Morgan fingerprint density at radius 2 is 0.760 bits per heavy atom. The maximum atomic E-state index is 10.4. The highest BCUT2D eigenvalue weighted by Crippen LogP contribution is 2.51. The lowest BCUT2D eigenvalue weighted by Gasteiger charge is -2.45. The van der Waals surface area contributed by atoms with Crippen LogP contribution in [0, 0.1) is 0 Å². The lowest BCUT2D eigenvalue weighted by Crippen LogP contribution is -2.61. The molecule has 0 radical (unpaired) electrons. The topological polar surface area (TPSA) is 16.3 Å². The van der Waals surface area contributed by atoms with Crippen molar-refractivity contribution in [1.82, 2.24) is 9.13 Å². The first-order chi connectivity index (χ1) is 42.7. The van der Waals surface area contributed by atoms with Gasteiger partial charge in [0.25, 0.3) is 6.71 Å². The molecule has 0 saturated heterocycles. The van der Waals surface area contributed by atoms with Crippen LogP contribution in [0.5, 0.6) is 0 Å². The highest BCUT2D eigenvalue weighted by Gasteiger charge is 2.45. The summed E-state index contributed by atoms with van der Waals surface area (Å²) in [5.41, 5.74) is 9.84. The number of nitrogens with zero attached hydrogens (tertiary/aromatic N) is 4. The number of aromatic nitrogens is 2. The molecule has 4 nitrogen and oxygen atoms in total. The van der Waals surface area contributed by atoms with Gasteiger partial charge in [-0.2, -0.15) is 0 Å². The third-order valence-corrected chi connectivity index (χ3v) is 15.0. The van der Waals surface area contributed by atoms with Crippen LogP contribution in [-0.2, 0) is 5.41 Å². The van der Waals surface area contributed by atoms with Gasteiger partial charge in [-0.3, -0.25) is 0 Å². The van der Waals surface area contributed by atoms with Crippen molar-refractivity contribution in [3.8, 4) is 33.6 Å². The second-order valence-electron chi connectivity index (χ2n) is 20.2. The average Bonchev–Trinajstić information content (AvgIpc) is 1.65. The number of anilines is 6. The molecule has 0 bridgehead atoms. The van der Waals surface area contributed by atoms with Gasteiger partial charge in [0.05, 0.1) is 52.6 Å². The Kier molecular flexibility index (Phi) is 6.93. The van der Waals surface area contributed by atoms with Crippen LogP contribution in [0.1, 0.15) is 45.5 Å². The molecule has 354 valence electrons. The van der Waals surface area contributed by atoms with Crippen LogP contribution in [0.15, 0.2) is 254 Å². The number of fused-ring (bicyclic) bond motifs is 10. The Hall–Kier alpha value is -9.32. The summed E-state index contributed by atoms with van der Waals surface area (Å²) >= 11 is 0. The molecule has 0 atom stereocenters. The van der Waals surface area contributed by atoms with E-state index >= 15 is 0 Å². The zero-order valence-corrected chi connectivity index (χ0v) is 41.0. The summed E-state index contributed by atoms with van der Waals surface area (Å²) in [7, 11) is 0. The fraction of sp³-hybridized carbons (Fsp3) is 0.0571. The Balaban J connectivity index is 1.18. The first-order valence-electron chi connectivity index (χ1n) is 32.1. The van der Waals surface area contributed by atoms with Gasteiger partial charge in [0.15, 0.2) is 0 Å². The second kappa shape index (κ2) is 16.6. The van der Waals surface area contributed by atoms with Crippen molar-refractivity contribution in [1.29, 1.82) is 0 Å². The summed E-state index contributed by atoms with van der Waals surface area (Å²) in [6.07, 6.45) is 0. The molecule has 5 heteroatoms. The van der Waals surface area contributed by atoms with E-state index in [0.717, 1.165) is 38.7 Å². The van der Waals surface area contributed by atoms with Gasteiger partial charge in [0.1, 0.15) is 0 Å². The van der Waals surface area contributed by atoms with Gasteiger partial charge >= 0.3 is 0 Å². The van der Waals surface area contributed by atoms with Gasteiger partial charge in [0, 0.05) is 55.7 Å². The predicted molar refractivity (Wildman–Crippen MR) is 319 cm³/mol. The number of para-hydroxylation sites is 6. The van der Waals surface area contributed by atoms with E-state index in [1.54, 1.807) is 33.4 Å². The van der Waals surface area contributed by atoms with Gasteiger partial charge < -0.3 is 18.9 Å². The molecule has 2 aliphatic heterocycles. The summed E-state index contributed by atoms with van der Waals surface area (Å²) < 4.78 is 138. The van der Waals surface area contributed by atoms with Crippen molar-refractivity contribution < 1.29 is 19.2 Å². The van der Waals surface area contributed by atoms with Crippen molar-refractivity contribution >= 4 is 101 Å². The van der Waals surface area contributed by atoms with E-state index in [0.29, 0.717) is 39.6 Å². The fourth-order valence-electron chi connectivity index (χ4n) is 11.6. The van der Waals surface area contributed by atoms with E-state index in [-0.39, 0.29) is 79.2 Å². The molecule has 0 aliphatic carbocycles. The lowest BCUT2D eigenvalue weighted by molar-refractivity contribution is 0.590. The van der Waals surface area contributed by atoms with E-state index in [1.165, 1.54) is 0 Å². The van der Waals surface area contributed by atoms with E-state index < -0.39 is 72.6 Å². The quantitative estimate of drug-likeness (QED) is 0.154. The highest BCUT2D eigenvalue weighted by molar-refractivity contribution is 7.00. The van der Waals surface area contributed by atoms with Crippen molar-refractivity contribution in [2.45, 2.75) is 26.2 Å². The average molecular weight is 973 g/mol. The van der Waals surface area contributed by atoms with Crippen molar-refractivity contribution in [3.63, 3.8) is 0 Å². The molecular weight excluding hydrogens is 908 g/mol. The first kappa shape index (κ1) is 31.3. The van der Waals surface area contributed by atoms with Crippen molar-refractivity contribution in [3.05, 3.63) is 260 Å². The highest BCUT2D eigenvalue weighted by atomic mass is 15.2. The molecule has 4 heterocycles. The fourth-order valence-corrected chi connectivity index (χ4v) is 11.6. The molecule has 0 amide bonds. The normalized spacial score (nSPS) is 15.5. The molecule has 2 aliphatic rings. The second-order valence-corrected chi connectivity index (χ2v) is 20.2. The minimum absolute atomic E-state index is 0.0229. The number of rotatable bonds is 6. The van der Waals surface area contributed by atoms with Gasteiger partial charge in [-0.25, -0.2) is 0 Å². The lowest BCUT2D eigenvalue weighted by atomic mass is 9.33. The van der Waals surface area contributed by atoms with Gasteiger partial charge in [0.2, 0.25) is 0 Å². The summed E-state index contributed by atoms with van der Waals surface area (Å²) in [6, 6.07) is 48.5. The smallest absolute Gasteiger partial charge is 0.252 e. The minimum Gasteiger partial charge on any atom is -0.309 e. The van der Waals surface area contributed by atoms with Crippen LogP contribution in [0.2, 0.25) is 0 Å². The van der Waals surface area contributed by atoms with Crippen molar-refractivity contribution in [2.24, 2.45) is 0 Å². The number of hydrogen-bond acceptors (Lipinski definition) is 2. The zero-order valence-electron chi connectivity index (χ0n) is 55.0. The first-order valence-corrected chi connectivity index (χ1v) is 25.1. The maximum absolute atomic E-state index is 10.4. The monoisotopic (exact) mass is 973 g/mol. The Morgan fingerprint density at radius 1 is 0.360 bits per heavy atom. The Labute approximate surface area is 457 Å². The van der Waals surface area contributed by atoms with Crippen LogP contribution < -0.4 is 26.2 Å². The van der Waals surface area contributed by atoms with Gasteiger partial charge in [-0.05, 0) is 122 Å². The number of hydrogen-bond donors (Lipinski definition) is 0. The third-order valence-electron chi connectivity index (χ3n) is 15.0. The minimum atomic E-state index is -0.669. The SMILES string of the molecule is [2H]c1c([2H])c([2H])c2c(c1[2H])c1c([2H])c([2H])c([2H])c(N3c4ccc(-c5ccccc5)cc4B4c5cc(-c6ccccc6)ccc5N(c5c([2H])c([2H])c([2H])c6c7c([2H])c([2H])c([2H])c([2H])c7n(-c7ccccc7)c56)c5cc(C(C)(C)C)cc3c54)c1n2-c1ccccc1. The van der Waals surface area contributed by atoms with E-state index in [2.05, 4.69) is 45.0 Å². The standard InChI is InChI=1S/C70H51BN4/c1-70(2,3)50-44-65-67-66(45-50)75(64-37-21-33-56-54-31-17-19-35-60(54)73(69(56)64)52-28-14-7-15-29-52)62-41-39-49(47-24-10-5-11-25-47)43-58(62)71(67)57-42-48(46-22-8-4-9-23-46)38-40-61(57)74(65)63-36-20-32-55-53-30-16-18-34-59(53)72(68(55)63)51-26-12-6-13-27-51/h4-45H,1-3H3/i16D,17D,18D,19D,20D,21D,30D,31D,32D,33D,34D,35D,36D,37D. The molecule has 0 N–H and O–H groups in total. The molecular formula is C70H51BN4. The Morgan fingerprint density at radius 3 is 1.19 bits per heavy atom. The molecule has 0 fully saturated rings.